The summed E-state index contributed by atoms with van der Waals surface area (Å²) in [5, 5.41) is 12.6. The summed E-state index contributed by atoms with van der Waals surface area (Å²) >= 11 is 1.18. The second-order valence-corrected chi connectivity index (χ2v) is 5.75. The third-order valence-corrected chi connectivity index (χ3v) is 3.92. The Kier molecular flexibility index (Phi) is 7.41. The van der Waals surface area contributed by atoms with E-state index in [0.717, 1.165) is 10.6 Å². The molecule has 2 aromatic rings. The van der Waals surface area contributed by atoms with Crippen LogP contribution in [0.5, 0.6) is 0 Å². The summed E-state index contributed by atoms with van der Waals surface area (Å²) in [6, 6.07) is 7.12. The van der Waals surface area contributed by atoms with Crippen molar-refractivity contribution >= 4 is 23.2 Å². The van der Waals surface area contributed by atoms with Gasteiger partial charge in [-0.25, -0.2) is 9.78 Å². The van der Waals surface area contributed by atoms with E-state index in [-0.39, 0.29) is 10.8 Å². The Morgan fingerprint density at radius 2 is 1.83 bits per heavy atom. The predicted octanol–water partition coefficient (Wildman–Crippen LogP) is 3.52. The minimum Gasteiger partial charge on any atom is -0.477 e. The van der Waals surface area contributed by atoms with Crippen LogP contribution < -0.4 is 5.32 Å². The first-order valence-electron chi connectivity index (χ1n) is 7.58. The molecule has 0 unspecified atom stereocenters. The van der Waals surface area contributed by atoms with Crippen molar-refractivity contribution < 1.29 is 14.7 Å². The number of carbonyl (C=O) groups is 2. The van der Waals surface area contributed by atoms with Crippen LogP contribution in [0.2, 0.25) is 0 Å². The van der Waals surface area contributed by atoms with Gasteiger partial charge in [0.1, 0.15) is 4.88 Å². The number of aromatic nitrogens is 1. The molecule has 0 atom stereocenters. The smallest absolute Gasteiger partial charge is 0.347 e. The molecule has 6 heteroatoms. The molecular formula is C17H22N2O3S. The van der Waals surface area contributed by atoms with Crippen LogP contribution in [0.4, 0.5) is 0 Å². The topological polar surface area (TPSA) is 79.3 Å². The SMILES string of the molecule is CC.CCNC(=O)c1ccc(Cc2nc(C)sc2C(=O)O)cc1. The lowest BCUT2D eigenvalue weighted by Crippen LogP contribution is -2.22. The van der Waals surface area contributed by atoms with Gasteiger partial charge in [0.2, 0.25) is 0 Å². The van der Waals surface area contributed by atoms with Crippen LogP contribution >= 0.6 is 11.3 Å². The molecule has 0 bridgehead atoms. The summed E-state index contributed by atoms with van der Waals surface area (Å²) in [7, 11) is 0. The molecule has 1 heterocycles. The molecule has 1 amide bonds. The number of aryl methyl sites for hydroxylation is 1. The van der Waals surface area contributed by atoms with Crippen molar-refractivity contribution in [3.63, 3.8) is 0 Å². The molecule has 2 rings (SSSR count). The van der Waals surface area contributed by atoms with Gasteiger partial charge in [0.15, 0.2) is 0 Å². The Hall–Kier alpha value is -2.21. The third-order valence-electron chi connectivity index (χ3n) is 2.92. The van der Waals surface area contributed by atoms with Crippen LogP contribution in [0, 0.1) is 6.92 Å². The summed E-state index contributed by atoms with van der Waals surface area (Å²) in [5.41, 5.74) is 2.08. The Morgan fingerprint density at radius 3 is 2.35 bits per heavy atom. The predicted molar refractivity (Wildman–Crippen MR) is 92.4 cm³/mol. The summed E-state index contributed by atoms with van der Waals surface area (Å²) in [6.45, 7) is 8.24. The number of hydrogen-bond donors (Lipinski definition) is 2. The van der Waals surface area contributed by atoms with E-state index >= 15 is 0 Å². The highest BCUT2D eigenvalue weighted by molar-refractivity contribution is 7.13. The van der Waals surface area contributed by atoms with Crippen LogP contribution in [-0.4, -0.2) is 28.5 Å². The number of nitrogens with zero attached hydrogens (tertiary/aromatic N) is 1. The number of aromatic carboxylic acids is 1. The van der Waals surface area contributed by atoms with Crippen LogP contribution in [0.3, 0.4) is 0 Å². The van der Waals surface area contributed by atoms with Crippen LogP contribution in [0.25, 0.3) is 0 Å². The zero-order valence-corrected chi connectivity index (χ0v) is 14.7. The molecule has 1 aromatic carbocycles. The van der Waals surface area contributed by atoms with Gasteiger partial charge in [0, 0.05) is 18.5 Å². The summed E-state index contributed by atoms with van der Waals surface area (Å²) in [6.07, 6.45) is 0.446. The lowest BCUT2D eigenvalue weighted by Gasteiger charge is -2.04. The molecule has 0 saturated carbocycles. The van der Waals surface area contributed by atoms with E-state index in [1.807, 2.05) is 32.9 Å². The zero-order valence-electron chi connectivity index (χ0n) is 13.8. The maximum Gasteiger partial charge on any atom is 0.347 e. The first kappa shape index (κ1) is 18.8. The minimum atomic E-state index is -0.949. The number of hydrogen-bond acceptors (Lipinski definition) is 4. The van der Waals surface area contributed by atoms with E-state index in [4.69, 9.17) is 5.11 Å². The van der Waals surface area contributed by atoms with Crippen molar-refractivity contribution in [2.75, 3.05) is 6.54 Å². The van der Waals surface area contributed by atoms with Gasteiger partial charge in [0.25, 0.3) is 5.91 Å². The first-order chi connectivity index (χ1) is 11.0. The van der Waals surface area contributed by atoms with E-state index in [1.54, 1.807) is 19.1 Å². The van der Waals surface area contributed by atoms with E-state index in [2.05, 4.69) is 10.3 Å². The zero-order chi connectivity index (χ0) is 17.4. The molecule has 1 aromatic heterocycles. The van der Waals surface area contributed by atoms with Gasteiger partial charge in [0.05, 0.1) is 10.7 Å². The number of carboxylic acid groups (broad SMARTS) is 1. The highest BCUT2D eigenvalue weighted by Gasteiger charge is 2.16. The standard InChI is InChI=1S/C15H16N2O3S.C2H6/c1-3-16-14(18)11-6-4-10(5-7-11)8-12-13(15(19)20)21-9(2)17-12;1-2/h4-7H,3,8H2,1-2H3,(H,16,18)(H,19,20);1-2H3. The van der Waals surface area contributed by atoms with Crippen LogP contribution in [-0.2, 0) is 6.42 Å². The fourth-order valence-corrected chi connectivity index (χ4v) is 2.76. The third kappa shape index (κ3) is 5.17. The second-order valence-electron chi connectivity index (χ2n) is 4.55. The molecule has 0 aliphatic heterocycles. The number of rotatable bonds is 5. The maximum atomic E-state index is 11.7. The highest BCUT2D eigenvalue weighted by atomic mass is 32.1. The number of carbonyl (C=O) groups excluding carboxylic acids is 1. The van der Waals surface area contributed by atoms with E-state index < -0.39 is 5.97 Å². The molecular weight excluding hydrogens is 312 g/mol. The summed E-state index contributed by atoms with van der Waals surface area (Å²) < 4.78 is 0. The van der Waals surface area contributed by atoms with Crippen molar-refractivity contribution in [1.29, 1.82) is 0 Å². The van der Waals surface area contributed by atoms with Gasteiger partial charge in [-0.2, -0.15) is 0 Å². The highest BCUT2D eigenvalue weighted by Crippen LogP contribution is 2.21. The average molecular weight is 334 g/mol. The minimum absolute atomic E-state index is 0.111. The van der Waals surface area contributed by atoms with Crippen molar-refractivity contribution in [2.24, 2.45) is 0 Å². The molecule has 2 N–H and O–H groups in total. The van der Waals surface area contributed by atoms with Gasteiger partial charge in [-0.15, -0.1) is 11.3 Å². The number of amides is 1. The number of carboxylic acids is 1. The monoisotopic (exact) mass is 334 g/mol. The van der Waals surface area contributed by atoms with Gasteiger partial charge in [-0.1, -0.05) is 26.0 Å². The molecule has 5 nitrogen and oxygen atoms in total. The molecule has 124 valence electrons. The summed E-state index contributed by atoms with van der Waals surface area (Å²) in [5.74, 6) is -1.06. The lowest BCUT2D eigenvalue weighted by molar-refractivity contribution is 0.0700. The van der Waals surface area contributed by atoms with Gasteiger partial charge in [-0.3, -0.25) is 4.79 Å². The van der Waals surface area contributed by atoms with Crippen LogP contribution in [0.15, 0.2) is 24.3 Å². The van der Waals surface area contributed by atoms with E-state index in [0.29, 0.717) is 24.2 Å². The van der Waals surface area contributed by atoms with Gasteiger partial charge in [-0.05, 0) is 31.5 Å². The molecule has 23 heavy (non-hydrogen) atoms. The fraction of sp³-hybridized carbons (Fsp3) is 0.353. The second kappa shape index (κ2) is 9.05. The molecule has 0 aliphatic rings. The Balaban J connectivity index is 0.00000127. The largest absolute Gasteiger partial charge is 0.477 e. The first-order valence-corrected chi connectivity index (χ1v) is 8.39. The lowest BCUT2D eigenvalue weighted by atomic mass is 10.1. The summed E-state index contributed by atoms with van der Waals surface area (Å²) in [4.78, 5) is 27.4. The number of nitrogens with one attached hydrogen (secondary N) is 1. The van der Waals surface area contributed by atoms with Crippen molar-refractivity contribution in [3.8, 4) is 0 Å². The Labute approximate surface area is 140 Å². The van der Waals surface area contributed by atoms with Crippen molar-refractivity contribution in [2.45, 2.75) is 34.1 Å². The van der Waals surface area contributed by atoms with Crippen molar-refractivity contribution in [3.05, 3.63) is 51.0 Å². The Bertz CT molecular complexity index is 663. The quantitative estimate of drug-likeness (QED) is 0.877. The van der Waals surface area contributed by atoms with Gasteiger partial charge >= 0.3 is 5.97 Å². The number of benzene rings is 1. The molecule has 0 aliphatic carbocycles. The molecule has 0 spiro atoms. The normalized spacial score (nSPS) is 9.74. The molecule has 0 saturated heterocycles. The fourth-order valence-electron chi connectivity index (χ4n) is 1.99. The van der Waals surface area contributed by atoms with Gasteiger partial charge < -0.3 is 10.4 Å². The van der Waals surface area contributed by atoms with E-state index in [9.17, 15) is 9.59 Å². The molecule has 0 fully saturated rings. The molecule has 0 radical (unpaired) electrons. The average Bonchev–Trinajstić information content (AvgIpc) is 2.91. The number of thiazole rings is 1. The van der Waals surface area contributed by atoms with Crippen LogP contribution in [0.1, 0.15) is 57.1 Å². The Morgan fingerprint density at radius 1 is 1.22 bits per heavy atom. The maximum absolute atomic E-state index is 11.7. The van der Waals surface area contributed by atoms with Crippen molar-refractivity contribution in [1.82, 2.24) is 10.3 Å². The van der Waals surface area contributed by atoms with E-state index in [1.165, 1.54) is 11.3 Å².